The summed E-state index contributed by atoms with van der Waals surface area (Å²) in [5.41, 5.74) is 0. The maximum Gasteiger partial charge on any atom is 0.306 e. The van der Waals surface area contributed by atoms with Gasteiger partial charge in [0.25, 0.3) is 0 Å². The number of hydrogen-bond donors (Lipinski definition) is 1. The van der Waals surface area contributed by atoms with Crippen molar-refractivity contribution in [2.24, 2.45) is 0 Å². The average Bonchev–Trinajstić information content (AvgIpc) is 3.04. The normalized spacial score (nSPS) is 13.2. The highest BCUT2D eigenvalue weighted by Crippen LogP contribution is 2.10. The van der Waals surface area contributed by atoms with Crippen LogP contribution < -0.4 is 0 Å². The molecule has 254 valence electrons. The highest BCUT2D eigenvalue weighted by atomic mass is 16.6. The molecule has 0 saturated carbocycles. The summed E-state index contributed by atoms with van der Waals surface area (Å²) in [4.78, 5) is 24.1. The van der Waals surface area contributed by atoms with Gasteiger partial charge in [0.05, 0.1) is 6.61 Å². The number of ether oxygens (including phenoxy) is 2. The van der Waals surface area contributed by atoms with E-state index in [1.165, 1.54) is 19.3 Å². The Morgan fingerprint density at radius 3 is 1.51 bits per heavy atom. The molecule has 0 fully saturated rings. The summed E-state index contributed by atoms with van der Waals surface area (Å²) in [7, 11) is 0. The zero-order valence-electron chi connectivity index (χ0n) is 28.6. The van der Waals surface area contributed by atoms with Crippen LogP contribution in [0.4, 0.5) is 0 Å². The molecule has 0 spiro atoms. The van der Waals surface area contributed by atoms with Gasteiger partial charge in [0.15, 0.2) is 6.10 Å². The van der Waals surface area contributed by atoms with Gasteiger partial charge in [0, 0.05) is 12.8 Å². The molecule has 1 N–H and O–H groups in total. The number of esters is 2. The first kappa shape index (κ1) is 42.1. The second-order valence-electron chi connectivity index (χ2n) is 11.2. The van der Waals surface area contributed by atoms with Crippen LogP contribution in [0.15, 0.2) is 85.1 Å². The summed E-state index contributed by atoms with van der Waals surface area (Å²) in [6.07, 6.45) is 47.8. The second-order valence-corrected chi connectivity index (χ2v) is 11.2. The molecule has 0 aromatic carbocycles. The number of carbonyl (C=O) groups excluding carboxylic acids is 2. The SMILES string of the molecule is CC/C=C\C/C=C\C/C=C\C/C=C\C/C=C\C/C=C\CCCCC(=O)OC(CO)COC(=O)CCCCCCC/C=C\CCC. The number of allylic oxidation sites excluding steroid dienone is 14. The molecule has 0 aromatic rings. The third-order valence-electron chi connectivity index (χ3n) is 6.90. The molecule has 0 bridgehead atoms. The van der Waals surface area contributed by atoms with E-state index in [1.54, 1.807) is 0 Å². The lowest BCUT2D eigenvalue weighted by atomic mass is 10.1. The Morgan fingerprint density at radius 2 is 0.956 bits per heavy atom. The van der Waals surface area contributed by atoms with Crippen molar-refractivity contribution in [2.75, 3.05) is 13.2 Å². The molecule has 0 rings (SSSR count). The lowest BCUT2D eigenvalue weighted by molar-refractivity contribution is -0.161. The summed E-state index contributed by atoms with van der Waals surface area (Å²) in [6.45, 7) is 3.88. The van der Waals surface area contributed by atoms with Gasteiger partial charge in [0.1, 0.15) is 6.61 Å². The maximum absolute atomic E-state index is 12.1. The van der Waals surface area contributed by atoms with Crippen LogP contribution in [0, 0.1) is 0 Å². The monoisotopic (exact) mass is 624 g/mol. The molecular weight excluding hydrogens is 560 g/mol. The van der Waals surface area contributed by atoms with E-state index < -0.39 is 6.10 Å². The summed E-state index contributed by atoms with van der Waals surface area (Å²) in [5.74, 6) is -0.666. The summed E-state index contributed by atoms with van der Waals surface area (Å²) >= 11 is 0. The number of rotatable bonds is 30. The molecule has 0 aromatic heterocycles. The lowest BCUT2D eigenvalue weighted by Gasteiger charge is -2.15. The van der Waals surface area contributed by atoms with Crippen molar-refractivity contribution >= 4 is 11.9 Å². The number of aliphatic hydroxyl groups is 1. The Morgan fingerprint density at radius 1 is 0.533 bits per heavy atom. The number of hydrogen-bond acceptors (Lipinski definition) is 5. The van der Waals surface area contributed by atoms with Crippen LogP contribution in [-0.4, -0.2) is 36.4 Å². The molecular formula is C40H64O5. The zero-order valence-corrected chi connectivity index (χ0v) is 28.6. The predicted molar refractivity (Wildman–Crippen MR) is 191 cm³/mol. The van der Waals surface area contributed by atoms with Crippen LogP contribution in [0.25, 0.3) is 0 Å². The van der Waals surface area contributed by atoms with E-state index in [0.29, 0.717) is 12.8 Å². The fourth-order valence-corrected chi connectivity index (χ4v) is 4.26. The van der Waals surface area contributed by atoms with Gasteiger partial charge in [-0.25, -0.2) is 0 Å². The van der Waals surface area contributed by atoms with E-state index >= 15 is 0 Å². The van der Waals surface area contributed by atoms with Crippen LogP contribution in [0.1, 0.15) is 136 Å². The van der Waals surface area contributed by atoms with Gasteiger partial charge in [-0.15, -0.1) is 0 Å². The quantitative estimate of drug-likeness (QED) is 0.0489. The molecule has 0 heterocycles. The van der Waals surface area contributed by atoms with E-state index in [1.807, 2.05) is 0 Å². The number of unbranched alkanes of at least 4 members (excludes halogenated alkanes) is 8. The summed E-state index contributed by atoms with van der Waals surface area (Å²) < 4.78 is 10.5. The first-order valence-electron chi connectivity index (χ1n) is 17.6. The highest BCUT2D eigenvalue weighted by Gasteiger charge is 2.15. The van der Waals surface area contributed by atoms with Crippen molar-refractivity contribution in [1.29, 1.82) is 0 Å². The van der Waals surface area contributed by atoms with Gasteiger partial charge >= 0.3 is 11.9 Å². The van der Waals surface area contributed by atoms with Crippen LogP contribution in [0.3, 0.4) is 0 Å². The van der Waals surface area contributed by atoms with Gasteiger partial charge in [0.2, 0.25) is 0 Å². The van der Waals surface area contributed by atoms with Crippen molar-refractivity contribution < 1.29 is 24.2 Å². The van der Waals surface area contributed by atoms with Gasteiger partial charge in [-0.05, 0) is 83.5 Å². The Balaban J connectivity index is 3.74. The molecule has 1 unspecified atom stereocenters. The van der Waals surface area contributed by atoms with Crippen LogP contribution >= 0.6 is 0 Å². The minimum absolute atomic E-state index is 0.0935. The van der Waals surface area contributed by atoms with E-state index in [4.69, 9.17) is 9.47 Å². The molecule has 0 saturated heterocycles. The van der Waals surface area contributed by atoms with E-state index in [2.05, 4.69) is 98.9 Å². The highest BCUT2D eigenvalue weighted by molar-refractivity contribution is 5.70. The third kappa shape index (κ3) is 33.8. The van der Waals surface area contributed by atoms with Crippen LogP contribution in [0.2, 0.25) is 0 Å². The van der Waals surface area contributed by atoms with Crippen molar-refractivity contribution in [1.82, 2.24) is 0 Å². The average molecular weight is 625 g/mol. The Hall–Kier alpha value is -2.92. The molecule has 5 nitrogen and oxygen atoms in total. The molecule has 0 aliphatic heterocycles. The first-order valence-corrected chi connectivity index (χ1v) is 17.6. The lowest BCUT2D eigenvalue weighted by Crippen LogP contribution is -2.28. The van der Waals surface area contributed by atoms with Crippen molar-refractivity contribution in [3.05, 3.63) is 85.1 Å². The summed E-state index contributed by atoms with van der Waals surface area (Å²) in [5, 5.41) is 9.50. The summed E-state index contributed by atoms with van der Waals surface area (Å²) in [6, 6.07) is 0. The number of aliphatic hydroxyl groups excluding tert-OH is 1. The molecule has 1 atom stereocenters. The van der Waals surface area contributed by atoms with E-state index in [-0.39, 0.29) is 25.2 Å². The molecule has 0 aliphatic carbocycles. The van der Waals surface area contributed by atoms with Crippen molar-refractivity contribution in [2.45, 2.75) is 142 Å². The fraction of sp³-hybridized carbons (Fsp3) is 0.600. The van der Waals surface area contributed by atoms with Gasteiger partial charge in [-0.1, -0.05) is 125 Å². The Labute approximate surface area is 275 Å². The van der Waals surface area contributed by atoms with Crippen molar-refractivity contribution in [3.63, 3.8) is 0 Å². The topological polar surface area (TPSA) is 72.8 Å². The maximum atomic E-state index is 12.1. The van der Waals surface area contributed by atoms with Gasteiger partial charge in [-0.2, -0.15) is 0 Å². The van der Waals surface area contributed by atoms with Gasteiger partial charge < -0.3 is 14.6 Å². The molecule has 0 radical (unpaired) electrons. The standard InChI is InChI=1S/C40H64O5/c1-3-5-7-9-11-13-15-16-17-18-19-20-21-22-23-24-25-27-29-31-33-35-40(43)45-38(36-41)37-44-39(42)34-32-30-28-26-14-12-10-8-6-4-2/h5,7-8,10-11,13,16-17,19-20,22-23,25,27,38,41H,3-4,6,9,12,14-15,18,21,24,26,28-37H2,1-2H3/b7-5-,10-8-,13-11-,17-16-,20-19-,23-22-,27-25-. The van der Waals surface area contributed by atoms with E-state index in [9.17, 15) is 14.7 Å². The fourth-order valence-electron chi connectivity index (χ4n) is 4.26. The smallest absolute Gasteiger partial charge is 0.306 e. The second kappa shape index (κ2) is 35.6. The number of carbonyl (C=O) groups is 2. The molecule has 45 heavy (non-hydrogen) atoms. The van der Waals surface area contributed by atoms with Crippen LogP contribution in [-0.2, 0) is 19.1 Å². The Kier molecular flexibility index (Phi) is 33.3. The zero-order chi connectivity index (χ0) is 32.9. The minimum atomic E-state index is -0.800. The van der Waals surface area contributed by atoms with Crippen LogP contribution in [0.5, 0.6) is 0 Å². The molecule has 5 heteroatoms. The third-order valence-corrected chi connectivity index (χ3v) is 6.90. The Bertz CT molecular complexity index is 890. The molecule has 0 amide bonds. The first-order chi connectivity index (χ1) is 22.1. The van der Waals surface area contributed by atoms with E-state index in [0.717, 1.165) is 89.9 Å². The largest absolute Gasteiger partial charge is 0.462 e. The van der Waals surface area contributed by atoms with Crippen molar-refractivity contribution in [3.8, 4) is 0 Å². The minimum Gasteiger partial charge on any atom is -0.462 e. The molecule has 0 aliphatic rings. The van der Waals surface area contributed by atoms with Gasteiger partial charge in [-0.3, -0.25) is 9.59 Å². The predicted octanol–water partition coefficient (Wildman–Crippen LogP) is 10.8.